The minimum atomic E-state index is -0.564. The number of rotatable bonds is 7. The molecular formula is C25H21N5O6. The van der Waals surface area contributed by atoms with Gasteiger partial charge in [0.05, 0.1) is 10.6 Å². The van der Waals surface area contributed by atoms with Crippen molar-refractivity contribution < 1.29 is 24.0 Å². The third-order valence-electron chi connectivity index (χ3n) is 5.88. The second-order valence-electron chi connectivity index (χ2n) is 8.52. The van der Waals surface area contributed by atoms with Gasteiger partial charge in [-0.3, -0.25) is 24.5 Å². The third-order valence-corrected chi connectivity index (χ3v) is 5.88. The molecule has 36 heavy (non-hydrogen) atoms. The number of ether oxygens (including phenoxy) is 1. The molecule has 1 aliphatic carbocycles. The van der Waals surface area contributed by atoms with Crippen LogP contribution in [0.5, 0.6) is 5.75 Å². The summed E-state index contributed by atoms with van der Waals surface area (Å²) in [7, 11) is 0. The number of aromatic nitrogens is 1. The molecule has 5 rings (SSSR count). The molecule has 0 radical (unpaired) electrons. The molecule has 1 saturated carbocycles. The Morgan fingerprint density at radius 2 is 1.86 bits per heavy atom. The van der Waals surface area contributed by atoms with Crippen LogP contribution < -0.4 is 15.4 Å². The van der Waals surface area contributed by atoms with Crippen molar-refractivity contribution in [1.29, 1.82) is 0 Å². The standard InChI is InChI=1S/C25H21N5O6/c31-23-14-36-21-11-17(5-9-20(21)27-23)25(33)29(18-6-7-18)13-15-1-3-16(4-2-15)24(32)28-22-10-8-19(12-26-22)30(34)35/h1-5,8-12,18H,6-7,13-14H2,(H,27,31)(H,26,28,32). The zero-order valence-electron chi connectivity index (χ0n) is 19.0. The Morgan fingerprint density at radius 1 is 1.11 bits per heavy atom. The predicted octanol–water partition coefficient (Wildman–Crippen LogP) is 3.38. The number of nitrogens with one attached hydrogen (secondary N) is 2. The molecule has 3 aromatic rings. The number of anilines is 2. The van der Waals surface area contributed by atoms with Crippen LogP contribution in [0.1, 0.15) is 39.1 Å². The Kier molecular flexibility index (Phi) is 6.03. The molecule has 0 spiro atoms. The maximum Gasteiger partial charge on any atom is 0.287 e. The average molecular weight is 487 g/mol. The van der Waals surface area contributed by atoms with Crippen LogP contribution in [0.25, 0.3) is 0 Å². The summed E-state index contributed by atoms with van der Waals surface area (Å²) in [4.78, 5) is 53.2. The lowest BCUT2D eigenvalue weighted by atomic mass is 10.1. The SMILES string of the molecule is O=C1COc2cc(C(=O)N(Cc3ccc(C(=O)Nc4ccc([N+](=O)[O-])cn4)cc3)C3CC3)ccc2N1. The number of pyridine rings is 1. The van der Waals surface area contributed by atoms with E-state index in [0.29, 0.717) is 29.1 Å². The summed E-state index contributed by atoms with van der Waals surface area (Å²) in [6.45, 7) is 0.293. The number of carbonyl (C=O) groups excluding carboxylic acids is 3. The number of hydrogen-bond donors (Lipinski definition) is 2. The normalized spacial score (nSPS) is 14.2. The van der Waals surface area contributed by atoms with E-state index in [4.69, 9.17) is 4.74 Å². The topological polar surface area (TPSA) is 144 Å². The molecule has 0 saturated heterocycles. The lowest BCUT2D eigenvalue weighted by Crippen LogP contribution is -2.33. The molecule has 0 atom stereocenters. The highest BCUT2D eigenvalue weighted by molar-refractivity contribution is 6.03. The van der Waals surface area contributed by atoms with Crippen LogP contribution in [-0.4, -0.2) is 45.2 Å². The Morgan fingerprint density at radius 3 is 2.53 bits per heavy atom. The first-order valence-corrected chi connectivity index (χ1v) is 11.3. The lowest BCUT2D eigenvalue weighted by Gasteiger charge is -2.24. The number of nitrogens with zero attached hydrogens (tertiary/aromatic N) is 3. The second kappa shape index (κ2) is 9.45. The summed E-state index contributed by atoms with van der Waals surface area (Å²) >= 11 is 0. The maximum absolute atomic E-state index is 13.3. The molecule has 3 amide bonds. The van der Waals surface area contributed by atoms with Crippen LogP contribution in [0.2, 0.25) is 0 Å². The molecule has 1 fully saturated rings. The van der Waals surface area contributed by atoms with Crippen LogP contribution in [0, 0.1) is 10.1 Å². The molecule has 2 aromatic carbocycles. The fourth-order valence-electron chi connectivity index (χ4n) is 3.84. The van der Waals surface area contributed by atoms with Gasteiger partial charge in [0.15, 0.2) is 6.61 Å². The van der Waals surface area contributed by atoms with Gasteiger partial charge >= 0.3 is 0 Å². The summed E-state index contributed by atoms with van der Waals surface area (Å²) in [5.74, 6) is -0.101. The first-order chi connectivity index (χ1) is 17.4. The highest BCUT2D eigenvalue weighted by Gasteiger charge is 2.33. The van der Waals surface area contributed by atoms with Crippen LogP contribution in [0.3, 0.4) is 0 Å². The van der Waals surface area contributed by atoms with E-state index in [1.54, 1.807) is 47.4 Å². The van der Waals surface area contributed by atoms with E-state index in [-0.39, 0.29) is 36.0 Å². The summed E-state index contributed by atoms with van der Waals surface area (Å²) in [5.41, 5.74) is 2.10. The van der Waals surface area contributed by atoms with Gasteiger partial charge in [-0.25, -0.2) is 4.98 Å². The molecule has 2 N–H and O–H groups in total. The highest BCUT2D eigenvalue weighted by atomic mass is 16.6. The van der Waals surface area contributed by atoms with Gasteiger partial charge in [0.2, 0.25) is 0 Å². The monoisotopic (exact) mass is 487 g/mol. The lowest BCUT2D eigenvalue weighted by molar-refractivity contribution is -0.385. The summed E-state index contributed by atoms with van der Waals surface area (Å²) in [6, 6.07) is 14.6. The van der Waals surface area contributed by atoms with Gasteiger partial charge < -0.3 is 20.3 Å². The van der Waals surface area contributed by atoms with Gasteiger partial charge in [-0.2, -0.15) is 0 Å². The van der Waals surface area contributed by atoms with E-state index in [1.165, 1.54) is 12.1 Å². The fraction of sp³-hybridized carbons (Fsp3) is 0.200. The Balaban J connectivity index is 1.25. The van der Waals surface area contributed by atoms with Gasteiger partial charge in [-0.15, -0.1) is 0 Å². The second-order valence-corrected chi connectivity index (χ2v) is 8.52. The van der Waals surface area contributed by atoms with Gasteiger partial charge in [-0.05, 0) is 54.8 Å². The van der Waals surface area contributed by atoms with E-state index >= 15 is 0 Å². The first kappa shape index (κ1) is 23.0. The van der Waals surface area contributed by atoms with Crippen LogP contribution in [-0.2, 0) is 11.3 Å². The number of nitro groups is 1. The maximum atomic E-state index is 13.3. The van der Waals surface area contributed by atoms with Crippen molar-refractivity contribution in [3.8, 4) is 5.75 Å². The van der Waals surface area contributed by atoms with Crippen molar-refractivity contribution in [3.63, 3.8) is 0 Å². The number of benzene rings is 2. The van der Waals surface area contributed by atoms with E-state index in [9.17, 15) is 24.5 Å². The van der Waals surface area contributed by atoms with Gasteiger partial charge in [-0.1, -0.05) is 12.1 Å². The zero-order valence-corrected chi connectivity index (χ0v) is 19.0. The molecule has 0 unspecified atom stereocenters. The number of carbonyl (C=O) groups is 3. The van der Waals surface area contributed by atoms with E-state index < -0.39 is 10.8 Å². The van der Waals surface area contributed by atoms with E-state index in [1.807, 2.05) is 0 Å². The molecular weight excluding hydrogens is 466 g/mol. The van der Waals surface area contributed by atoms with E-state index in [2.05, 4.69) is 15.6 Å². The number of fused-ring (bicyclic) bond motifs is 1. The minimum absolute atomic E-state index is 0.0861. The number of amides is 3. The molecule has 2 heterocycles. The minimum Gasteiger partial charge on any atom is -0.482 e. The summed E-state index contributed by atoms with van der Waals surface area (Å²) < 4.78 is 5.44. The predicted molar refractivity (Wildman–Crippen MR) is 129 cm³/mol. The molecule has 11 nitrogen and oxygen atoms in total. The number of hydrogen-bond acceptors (Lipinski definition) is 7. The molecule has 1 aromatic heterocycles. The molecule has 1 aliphatic heterocycles. The van der Waals surface area contributed by atoms with E-state index in [0.717, 1.165) is 24.6 Å². The van der Waals surface area contributed by atoms with Crippen LogP contribution >= 0.6 is 0 Å². The average Bonchev–Trinajstić information content (AvgIpc) is 3.72. The van der Waals surface area contributed by atoms with Crippen molar-refractivity contribution in [3.05, 3.63) is 87.6 Å². The third kappa shape index (κ3) is 4.99. The zero-order chi connectivity index (χ0) is 25.2. The van der Waals surface area contributed by atoms with Crippen molar-refractivity contribution in [2.24, 2.45) is 0 Å². The van der Waals surface area contributed by atoms with Crippen molar-refractivity contribution in [2.45, 2.75) is 25.4 Å². The first-order valence-electron chi connectivity index (χ1n) is 11.3. The highest BCUT2D eigenvalue weighted by Crippen LogP contribution is 2.33. The Bertz CT molecular complexity index is 1350. The quantitative estimate of drug-likeness (QED) is 0.384. The molecule has 2 aliphatic rings. The molecule has 182 valence electrons. The fourth-order valence-corrected chi connectivity index (χ4v) is 3.84. The van der Waals surface area contributed by atoms with Crippen molar-refractivity contribution in [2.75, 3.05) is 17.2 Å². The van der Waals surface area contributed by atoms with Gasteiger partial charge in [0, 0.05) is 29.8 Å². The largest absolute Gasteiger partial charge is 0.482 e. The van der Waals surface area contributed by atoms with Crippen molar-refractivity contribution in [1.82, 2.24) is 9.88 Å². The Labute approximate surface area is 205 Å². The summed E-state index contributed by atoms with van der Waals surface area (Å²) in [6.07, 6.45) is 2.92. The van der Waals surface area contributed by atoms with Gasteiger partial charge in [0.25, 0.3) is 23.4 Å². The van der Waals surface area contributed by atoms with Crippen LogP contribution in [0.15, 0.2) is 60.8 Å². The Hall–Kier alpha value is -4.80. The van der Waals surface area contributed by atoms with Crippen LogP contribution in [0.4, 0.5) is 17.2 Å². The smallest absolute Gasteiger partial charge is 0.287 e. The van der Waals surface area contributed by atoms with Gasteiger partial charge in [0.1, 0.15) is 17.8 Å². The summed E-state index contributed by atoms with van der Waals surface area (Å²) in [5, 5.41) is 16.1. The molecule has 0 bridgehead atoms. The van der Waals surface area contributed by atoms with Crippen molar-refractivity contribution >= 4 is 34.9 Å². The molecule has 11 heteroatoms.